The smallest absolute Gasteiger partial charge is 0.271 e. The van der Waals surface area contributed by atoms with Crippen LogP contribution in [0.1, 0.15) is 35.3 Å². The Morgan fingerprint density at radius 3 is 2.70 bits per heavy atom. The van der Waals surface area contributed by atoms with Crippen molar-refractivity contribution in [1.82, 2.24) is 25.3 Å². The molecule has 33 heavy (non-hydrogen) atoms. The molecule has 172 valence electrons. The van der Waals surface area contributed by atoms with E-state index in [9.17, 15) is 9.59 Å². The largest absolute Gasteiger partial charge is 0.380 e. The minimum atomic E-state index is -0.373. The van der Waals surface area contributed by atoms with E-state index in [4.69, 9.17) is 0 Å². The van der Waals surface area contributed by atoms with E-state index in [1.165, 1.54) is 11.1 Å². The fraction of sp³-hybridized carbons (Fsp3) is 0.400. The first-order valence-corrected chi connectivity index (χ1v) is 11.7. The first-order valence-electron chi connectivity index (χ1n) is 11.7. The number of hydrogen-bond donors (Lipinski definition) is 3. The Morgan fingerprint density at radius 2 is 2.00 bits per heavy atom. The molecule has 2 aromatic heterocycles. The van der Waals surface area contributed by atoms with E-state index < -0.39 is 0 Å². The van der Waals surface area contributed by atoms with Gasteiger partial charge in [0.2, 0.25) is 5.43 Å². The number of piperazine rings is 1. The average Bonchev–Trinajstić information content (AvgIpc) is 3.23. The molecule has 0 bridgehead atoms. The third kappa shape index (κ3) is 4.24. The maximum absolute atomic E-state index is 13.4. The van der Waals surface area contributed by atoms with Crippen molar-refractivity contribution in [3.8, 4) is 0 Å². The second kappa shape index (κ2) is 8.96. The van der Waals surface area contributed by atoms with Gasteiger partial charge in [0.25, 0.3) is 5.91 Å². The molecule has 3 N–H and O–H groups in total. The Bertz CT molecular complexity index is 1230. The molecule has 1 unspecified atom stereocenters. The highest BCUT2D eigenvalue weighted by Crippen LogP contribution is 2.25. The highest BCUT2D eigenvalue weighted by Gasteiger charge is 2.24. The number of anilines is 1. The first kappa shape index (κ1) is 21.6. The van der Waals surface area contributed by atoms with Gasteiger partial charge in [-0.25, -0.2) is 9.99 Å². The minimum absolute atomic E-state index is 0.141. The maximum atomic E-state index is 13.4. The normalized spacial score (nSPS) is 18.9. The number of hydrogen-bond acceptors (Lipinski definition) is 6. The summed E-state index contributed by atoms with van der Waals surface area (Å²) in [6, 6.07) is 10.7. The van der Waals surface area contributed by atoms with Crippen molar-refractivity contribution in [3.05, 3.63) is 69.6 Å². The van der Waals surface area contributed by atoms with E-state index in [0.717, 1.165) is 31.6 Å². The Morgan fingerprint density at radius 1 is 1.24 bits per heavy atom. The summed E-state index contributed by atoms with van der Waals surface area (Å²) in [5.41, 5.74) is 6.89. The molecule has 1 aromatic carbocycles. The summed E-state index contributed by atoms with van der Waals surface area (Å²) in [5, 5.41) is 9.19. The molecule has 1 fully saturated rings. The van der Waals surface area contributed by atoms with Gasteiger partial charge >= 0.3 is 0 Å². The van der Waals surface area contributed by atoms with Crippen molar-refractivity contribution in [3.63, 3.8) is 0 Å². The van der Waals surface area contributed by atoms with Gasteiger partial charge in [-0.3, -0.25) is 15.0 Å². The van der Waals surface area contributed by atoms with Crippen LogP contribution in [0.5, 0.6) is 0 Å². The van der Waals surface area contributed by atoms with Gasteiger partial charge in [0.15, 0.2) is 0 Å². The summed E-state index contributed by atoms with van der Waals surface area (Å²) in [6.45, 7) is 6.92. The van der Waals surface area contributed by atoms with Crippen LogP contribution in [0.25, 0.3) is 11.0 Å². The number of fused-ring (bicyclic) bond motifs is 2. The number of amides is 1. The molecule has 1 aliphatic heterocycles. The molecule has 8 nitrogen and oxygen atoms in total. The van der Waals surface area contributed by atoms with Gasteiger partial charge in [0.05, 0.1) is 17.3 Å². The lowest BCUT2D eigenvalue weighted by molar-refractivity contribution is 0.0646. The van der Waals surface area contributed by atoms with Crippen LogP contribution in [-0.2, 0) is 19.4 Å². The summed E-state index contributed by atoms with van der Waals surface area (Å²) in [7, 11) is 0. The Balaban J connectivity index is 1.43. The molecule has 1 aliphatic carbocycles. The second-order valence-electron chi connectivity index (χ2n) is 8.96. The van der Waals surface area contributed by atoms with Crippen LogP contribution in [-0.4, -0.2) is 52.2 Å². The molecular weight excluding hydrogens is 416 g/mol. The number of aromatic nitrogens is 2. The van der Waals surface area contributed by atoms with Crippen LogP contribution in [0, 0.1) is 0 Å². The van der Waals surface area contributed by atoms with Crippen LogP contribution >= 0.6 is 0 Å². The van der Waals surface area contributed by atoms with Crippen LogP contribution in [0.4, 0.5) is 5.69 Å². The van der Waals surface area contributed by atoms with Crippen molar-refractivity contribution >= 4 is 22.6 Å². The lowest BCUT2D eigenvalue weighted by atomic mass is 10.1. The third-order valence-corrected chi connectivity index (χ3v) is 6.67. The molecule has 0 spiro atoms. The molecule has 3 heterocycles. The first-order chi connectivity index (χ1) is 16.0. The van der Waals surface area contributed by atoms with Gasteiger partial charge in [0.1, 0.15) is 11.2 Å². The summed E-state index contributed by atoms with van der Waals surface area (Å²) in [6.07, 6.45) is 5.29. The van der Waals surface area contributed by atoms with E-state index in [1.807, 2.05) is 29.5 Å². The summed E-state index contributed by atoms with van der Waals surface area (Å²) < 4.78 is 1.86. The predicted molar refractivity (Wildman–Crippen MR) is 129 cm³/mol. The van der Waals surface area contributed by atoms with Gasteiger partial charge in [-0.15, -0.1) is 0 Å². The number of rotatable bonds is 5. The molecule has 5 rings (SSSR count). The Labute approximate surface area is 193 Å². The van der Waals surface area contributed by atoms with E-state index in [2.05, 4.69) is 45.3 Å². The van der Waals surface area contributed by atoms with Crippen LogP contribution in [0.15, 0.2) is 47.5 Å². The van der Waals surface area contributed by atoms with E-state index in [-0.39, 0.29) is 29.0 Å². The fourth-order valence-corrected chi connectivity index (χ4v) is 4.85. The van der Waals surface area contributed by atoms with Gasteiger partial charge in [-0.05, 0) is 43.9 Å². The molecule has 1 saturated heterocycles. The van der Waals surface area contributed by atoms with Gasteiger partial charge in [-0.1, -0.05) is 24.3 Å². The number of hydrazine groups is 1. The number of aryl methyl sites for hydroxylation is 1. The van der Waals surface area contributed by atoms with Gasteiger partial charge in [0, 0.05) is 44.5 Å². The zero-order valence-corrected chi connectivity index (χ0v) is 19.1. The van der Waals surface area contributed by atoms with Crippen LogP contribution in [0.2, 0.25) is 0 Å². The minimum Gasteiger partial charge on any atom is -0.380 e. The fourth-order valence-electron chi connectivity index (χ4n) is 4.85. The third-order valence-electron chi connectivity index (χ3n) is 6.67. The van der Waals surface area contributed by atoms with E-state index in [0.29, 0.717) is 24.1 Å². The number of nitrogens with one attached hydrogen (secondary N) is 3. The molecule has 2 aliphatic rings. The summed E-state index contributed by atoms with van der Waals surface area (Å²) in [4.78, 5) is 31.0. The molecule has 0 saturated carbocycles. The van der Waals surface area contributed by atoms with Crippen LogP contribution in [0.3, 0.4) is 0 Å². The zero-order chi connectivity index (χ0) is 22.9. The van der Waals surface area contributed by atoms with Crippen LogP contribution < -0.4 is 21.5 Å². The van der Waals surface area contributed by atoms with E-state index in [1.54, 1.807) is 12.4 Å². The lowest BCUT2D eigenvalue weighted by Crippen LogP contribution is -2.57. The Kier molecular flexibility index (Phi) is 5.86. The quantitative estimate of drug-likeness (QED) is 0.555. The lowest BCUT2D eigenvalue weighted by Gasteiger charge is -2.33. The highest BCUT2D eigenvalue weighted by atomic mass is 16.2. The molecule has 1 amide bonds. The number of carbonyl (C=O) groups excluding carboxylic acids is 1. The Hall–Kier alpha value is -3.23. The number of carbonyl (C=O) groups is 1. The zero-order valence-electron chi connectivity index (χ0n) is 19.1. The average molecular weight is 447 g/mol. The van der Waals surface area contributed by atoms with Crippen molar-refractivity contribution in [2.75, 3.05) is 25.0 Å². The maximum Gasteiger partial charge on any atom is 0.271 e. The van der Waals surface area contributed by atoms with E-state index >= 15 is 0 Å². The van der Waals surface area contributed by atoms with Gasteiger partial charge in [-0.2, -0.15) is 0 Å². The summed E-state index contributed by atoms with van der Waals surface area (Å²) >= 11 is 0. The SMILES string of the molecule is CCn1cc(C(=O)NN2CCNCC2C)c(=O)c2cc(NC3Cc4ccccc4C3)cnc21. The molecular formula is C25H30N6O2. The second-order valence-corrected chi connectivity index (χ2v) is 8.96. The molecule has 8 heteroatoms. The number of benzene rings is 1. The standard InChI is InChI=1S/C25H30N6O2/c1-3-30-15-22(25(33)29-31-9-8-26-13-16(31)2)23(32)21-12-20(14-27-24(21)30)28-19-10-17-6-4-5-7-18(17)11-19/h4-7,12,14-16,19,26,28H,3,8-11,13H2,1-2H3,(H,29,33). The number of nitrogens with zero attached hydrogens (tertiary/aromatic N) is 3. The monoisotopic (exact) mass is 446 g/mol. The highest BCUT2D eigenvalue weighted by molar-refractivity contribution is 5.97. The summed E-state index contributed by atoms with van der Waals surface area (Å²) in [5.74, 6) is -0.373. The number of pyridine rings is 2. The predicted octanol–water partition coefficient (Wildman–Crippen LogP) is 1.93. The molecule has 0 radical (unpaired) electrons. The van der Waals surface area contributed by atoms with Crippen molar-refractivity contribution in [2.45, 2.75) is 45.3 Å². The topological polar surface area (TPSA) is 91.3 Å². The molecule has 3 aromatic rings. The van der Waals surface area contributed by atoms with Crippen molar-refractivity contribution in [1.29, 1.82) is 0 Å². The van der Waals surface area contributed by atoms with Gasteiger partial charge < -0.3 is 15.2 Å². The molecule has 1 atom stereocenters. The van der Waals surface area contributed by atoms with Crippen molar-refractivity contribution in [2.24, 2.45) is 0 Å². The van der Waals surface area contributed by atoms with Crippen molar-refractivity contribution < 1.29 is 4.79 Å².